The van der Waals surface area contributed by atoms with E-state index in [1.807, 2.05) is 18.2 Å². The number of hydrogen-bond donors (Lipinski definition) is 0. The number of alkyl halides is 1. The van der Waals surface area contributed by atoms with Crippen molar-refractivity contribution >= 4 is 31.9 Å². The molecule has 0 aliphatic rings. The van der Waals surface area contributed by atoms with Crippen molar-refractivity contribution in [1.29, 1.82) is 0 Å². The van der Waals surface area contributed by atoms with Gasteiger partial charge in [-0.15, -0.1) is 0 Å². The second kappa shape index (κ2) is 6.30. The number of benzene rings is 1. The molecule has 0 spiro atoms. The Hall–Kier alpha value is -0.220. The molecule has 0 aliphatic carbocycles. The molecule has 1 aromatic carbocycles. The van der Waals surface area contributed by atoms with Gasteiger partial charge in [0.15, 0.2) is 11.5 Å². The van der Waals surface area contributed by atoms with Gasteiger partial charge in [-0.05, 0) is 24.6 Å². The van der Waals surface area contributed by atoms with E-state index in [0.717, 1.165) is 27.7 Å². The molecule has 0 bridgehead atoms. The van der Waals surface area contributed by atoms with Crippen molar-refractivity contribution in [2.24, 2.45) is 0 Å². The molecular formula is C10H12Br2O2. The van der Waals surface area contributed by atoms with Gasteiger partial charge in [-0.25, -0.2) is 0 Å². The average Bonchev–Trinajstić information content (AvgIpc) is 2.19. The lowest BCUT2D eigenvalue weighted by Gasteiger charge is -2.10. The van der Waals surface area contributed by atoms with Gasteiger partial charge < -0.3 is 9.47 Å². The summed E-state index contributed by atoms with van der Waals surface area (Å²) in [4.78, 5) is 0. The first-order valence-corrected chi connectivity index (χ1v) is 6.21. The number of rotatable bonds is 5. The molecule has 0 unspecified atom stereocenters. The number of halogens is 2. The third kappa shape index (κ3) is 3.50. The molecule has 0 N–H and O–H groups in total. The van der Waals surface area contributed by atoms with Gasteiger partial charge in [-0.3, -0.25) is 0 Å². The Labute approximate surface area is 101 Å². The highest BCUT2D eigenvalue weighted by Gasteiger charge is 2.03. The molecule has 1 rings (SSSR count). The zero-order valence-electron chi connectivity index (χ0n) is 7.93. The summed E-state index contributed by atoms with van der Waals surface area (Å²) in [5.41, 5.74) is 0. The molecule has 0 radical (unpaired) electrons. The first-order valence-electron chi connectivity index (χ1n) is 4.30. The van der Waals surface area contributed by atoms with Crippen LogP contribution >= 0.6 is 31.9 Å². The second-order valence-electron chi connectivity index (χ2n) is 2.69. The van der Waals surface area contributed by atoms with Crippen molar-refractivity contribution in [3.05, 3.63) is 22.7 Å². The first-order chi connectivity index (χ1) is 6.77. The fraction of sp³-hybridized carbons (Fsp3) is 0.400. The van der Waals surface area contributed by atoms with E-state index in [-0.39, 0.29) is 0 Å². The van der Waals surface area contributed by atoms with Gasteiger partial charge in [0.1, 0.15) is 0 Å². The molecule has 2 nitrogen and oxygen atoms in total. The fourth-order valence-corrected chi connectivity index (χ4v) is 1.57. The zero-order valence-corrected chi connectivity index (χ0v) is 11.1. The van der Waals surface area contributed by atoms with E-state index in [1.54, 1.807) is 7.11 Å². The van der Waals surface area contributed by atoms with Crippen LogP contribution < -0.4 is 9.47 Å². The summed E-state index contributed by atoms with van der Waals surface area (Å²) in [6.45, 7) is 0.693. The predicted octanol–water partition coefficient (Wildman–Crippen LogP) is 3.62. The van der Waals surface area contributed by atoms with Crippen LogP contribution in [0.4, 0.5) is 0 Å². The summed E-state index contributed by atoms with van der Waals surface area (Å²) in [5.74, 6) is 1.55. The maximum Gasteiger partial charge on any atom is 0.162 e. The van der Waals surface area contributed by atoms with Gasteiger partial charge in [0, 0.05) is 9.80 Å². The maximum absolute atomic E-state index is 5.56. The minimum atomic E-state index is 0.693. The lowest BCUT2D eigenvalue weighted by molar-refractivity contribution is 0.295. The Morgan fingerprint density at radius 2 is 2.07 bits per heavy atom. The third-order valence-corrected chi connectivity index (χ3v) is 2.72. The van der Waals surface area contributed by atoms with Gasteiger partial charge in [0.25, 0.3) is 0 Å². The SMILES string of the molecule is COc1ccc(Br)cc1OCCCBr. The minimum Gasteiger partial charge on any atom is -0.493 e. The van der Waals surface area contributed by atoms with E-state index in [0.29, 0.717) is 6.61 Å². The summed E-state index contributed by atoms with van der Waals surface area (Å²) in [5, 5.41) is 0.948. The van der Waals surface area contributed by atoms with Gasteiger partial charge in [0.05, 0.1) is 13.7 Å². The Bertz CT molecular complexity index is 289. The Kier molecular flexibility index (Phi) is 5.33. The van der Waals surface area contributed by atoms with E-state index in [4.69, 9.17) is 9.47 Å². The van der Waals surface area contributed by atoms with Gasteiger partial charge in [-0.1, -0.05) is 31.9 Å². The van der Waals surface area contributed by atoms with E-state index in [9.17, 15) is 0 Å². The van der Waals surface area contributed by atoms with Crippen LogP contribution in [0.25, 0.3) is 0 Å². The molecule has 0 saturated heterocycles. The summed E-state index contributed by atoms with van der Waals surface area (Å²) < 4.78 is 11.7. The van der Waals surface area contributed by atoms with Crippen molar-refractivity contribution in [2.75, 3.05) is 19.0 Å². The molecular weight excluding hydrogens is 312 g/mol. The van der Waals surface area contributed by atoms with Crippen molar-refractivity contribution < 1.29 is 9.47 Å². The Morgan fingerprint density at radius 1 is 1.29 bits per heavy atom. The molecule has 14 heavy (non-hydrogen) atoms. The van der Waals surface area contributed by atoms with Crippen LogP contribution in [-0.4, -0.2) is 19.0 Å². The van der Waals surface area contributed by atoms with Crippen LogP contribution in [-0.2, 0) is 0 Å². The minimum absolute atomic E-state index is 0.693. The molecule has 1 aromatic rings. The largest absolute Gasteiger partial charge is 0.493 e. The van der Waals surface area contributed by atoms with Crippen LogP contribution in [0.1, 0.15) is 6.42 Å². The number of hydrogen-bond acceptors (Lipinski definition) is 2. The maximum atomic E-state index is 5.56. The monoisotopic (exact) mass is 322 g/mol. The van der Waals surface area contributed by atoms with E-state index in [1.165, 1.54) is 0 Å². The zero-order chi connectivity index (χ0) is 10.4. The number of ether oxygens (including phenoxy) is 2. The van der Waals surface area contributed by atoms with Gasteiger partial charge in [-0.2, -0.15) is 0 Å². The molecule has 0 fully saturated rings. The lowest BCUT2D eigenvalue weighted by Crippen LogP contribution is -1.99. The lowest BCUT2D eigenvalue weighted by atomic mass is 10.3. The van der Waals surface area contributed by atoms with Crippen molar-refractivity contribution in [2.45, 2.75) is 6.42 Å². The average molecular weight is 324 g/mol. The quantitative estimate of drug-likeness (QED) is 0.608. The number of methoxy groups -OCH3 is 1. The third-order valence-electron chi connectivity index (χ3n) is 1.66. The first kappa shape index (κ1) is 11.9. The smallest absolute Gasteiger partial charge is 0.162 e. The fourth-order valence-electron chi connectivity index (χ4n) is 1.00. The van der Waals surface area contributed by atoms with Crippen molar-refractivity contribution in [3.8, 4) is 11.5 Å². The van der Waals surface area contributed by atoms with Crippen LogP contribution in [0.2, 0.25) is 0 Å². The molecule has 0 atom stereocenters. The van der Waals surface area contributed by atoms with Crippen LogP contribution in [0.3, 0.4) is 0 Å². The summed E-state index contributed by atoms with van der Waals surface area (Å²) in [6, 6.07) is 5.72. The molecule has 0 aliphatic heterocycles. The molecule has 0 amide bonds. The highest BCUT2D eigenvalue weighted by atomic mass is 79.9. The molecule has 0 aromatic heterocycles. The molecule has 4 heteroatoms. The van der Waals surface area contributed by atoms with Crippen molar-refractivity contribution in [3.63, 3.8) is 0 Å². The molecule has 0 saturated carbocycles. The topological polar surface area (TPSA) is 18.5 Å². The van der Waals surface area contributed by atoms with Crippen LogP contribution in [0.5, 0.6) is 11.5 Å². The summed E-state index contributed by atoms with van der Waals surface area (Å²) in [6.07, 6.45) is 0.982. The molecule has 0 heterocycles. The van der Waals surface area contributed by atoms with Crippen LogP contribution in [0, 0.1) is 0 Å². The predicted molar refractivity (Wildman–Crippen MR) is 64.6 cm³/mol. The van der Waals surface area contributed by atoms with Crippen molar-refractivity contribution in [1.82, 2.24) is 0 Å². The highest BCUT2D eigenvalue weighted by Crippen LogP contribution is 2.30. The Balaban J connectivity index is 2.67. The Morgan fingerprint density at radius 3 is 2.71 bits per heavy atom. The summed E-state index contributed by atoms with van der Waals surface area (Å²) in [7, 11) is 1.64. The summed E-state index contributed by atoms with van der Waals surface area (Å²) >= 11 is 6.74. The molecule has 78 valence electrons. The van der Waals surface area contributed by atoms with Crippen LogP contribution in [0.15, 0.2) is 22.7 Å². The standard InChI is InChI=1S/C10H12Br2O2/c1-13-9-4-3-8(12)7-10(9)14-6-2-5-11/h3-4,7H,2,5-6H2,1H3. The second-order valence-corrected chi connectivity index (χ2v) is 4.39. The normalized spacial score (nSPS) is 9.93. The van der Waals surface area contributed by atoms with Gasteiger partial charge >= 0.3 is 0 Å². The van der Waals surface area contributed by atoms with E-state index < -0.39 is 0 Å². The van der Waals surface area contributed by atoms with E-state index >= 15 is 0 Å². The van der Waals surface area contributed by atoms with E-state index in [2.05, 4.69) is 31.9 Å². The highest BCUT2D eigenvalue weighted by molar-refractivity contribution is 9.10. The van der Waals surface area contributed by atoms with Gasteiger partial charge in [0.2, 0.25) is 0 Å².